The summed E-state index contributed by atoms with van der Waals surface area (Å²) in [5.74, 6) is -0.399. The van der Waals surface area contributed by atoms with Crippen molar-refractivity contribution in [2.45, 2.75) is 32.5 Å². The van der Waals surface area contributed by atoms with Crippen molar-refractivity contribution >= 4 is 11.6 Å². The number of anilines is 1. The Labute approximate surface area is 141 Å². The number of nitrogens with two attached hydrogens (primary N) is 1. The number of carbonyl (C=O) groups is 1. The van der Waals surface area contributed by atoms with Crippen LogP contribution < -0.4 is 16.0 Å². The number of carbonyl (C=O) groups excluding carboxylic acids is 1. The molecule has 2 aliphatic heterocycles. The molecule has 2 aromatic rings. The van der Waals surface area contributed by atoms with Gasteiger partial charge in [0.15, 0.2) is 0 Å². The van der Waals surface area contributed by atoms with Crippen LogP contribution in [0.1, 0.15) is 54.0 Å². The second-order valence-corrected chi connectivity index (χ2v) is 5.76. The Balaban J connectivity index is 0.000000815. The van der Waals surface area contributed by atoms with Crippen LogP contribution in [0.5, 0.6) is 0 Å². The zero-order valence-corrected chi connectivity index (χ0v) is 13.9. The Kier molecular flexibility index (Phi) is 4.53. The van der Waals surface area contributed by atoms with E-state index in [-0.39, 0.29) is 23.9 Å². The van der Waals surface area contributed by atoms with Gasteiger partial charge in [0.2, 0.25) is 0 Å². The van der Waals surface area contributed by atoms with Crippen molar-refractivity contribution in [3.05, 3.63) is 65.0 Å². The highest BCUT2D eigenvalue weighted by Crippen LogP contribution is 2.41. The average Bonchev–Trinajstić information content (AvgIpc) is 2.62. The first kappa shape index (κ1) is 16.5. The van der Waals surface area contributed by atoms with Gasteiger partial charge in [-0.15, -0.1) is 0 Å². The SMILES string of the molecule is CC.N[C@H]1CCN2c3c(cccc31)C(=O)N[C@@H]2c1ccc(F)cc1. The van der Waals surface area contributed by atoms with E-state index in [2.05, 4.69) is 10.2 Å². The number of hydrogen-bond acceptors (Lipinski definition) is 3. The Morgan fingerprint density at radius 2 is 1.88 bits per heavy atom. The highest BCUT2D eigenvalue weighted by Gasteiger charge is 2.36. The molecule has 4 rings (SSSR count). The standard InChI is InChI=1S/C17H16FN3O.C2H6/c18-11-6-4-10(5-7-11)16-20-17(22)13-3-1-2-12-14(19)8-9-21(16)15(12)13;1-2/h1-7,14,16H,8-9,19H2,(H,20,22);1-2H3/t14-,16-;/m0./s1. The third-order valence-electron chi connectivity index (χ3n) is 4.44. The Bertz CT molecular complexity index is 745. The van der Waals surface area contributed by atoms with Gasteiger partial charge < -0.3 is 16.0 Å². The molecule has 0 bridgehead atoms. The van der Waals surface area contributed by atoms with Crippen LogP contribution in [-0.4, -0.2) is 12.5 Å². The molecule has 0 aromatic heterocycles. The first-order valence-electron chi connectivity index (χ1n) is 8.36. The second-order valence-electron chi connectivity index (χ2n) is 5.76. The number of amides is 1. The lowest BCUT2D eigenvalue weighted by Crippen LogP contribution is -2.49. The number of para-hydroxylation sites is 1. The summed E-state index contributed by atoms with van der Waals surface area (Å²) in [6, 6.07) is 11.9. The van der Waals surface area contributed by atoms with Crippen LogP contribution in [-0.2, 0) is 0 Å². The summed E-state index contributed by atoms with van der Waals surface area (Å²) in [6.45, 7) is 4.76. The van der Waals surface area contributed by atoms with Gasteiger partial charge in [0.05, 0.1) is 11.3 Å². The first-order valence-corrected chi connectivity index (χ1v) is 8.36. The number of nitrogens with zero attached hydrogens (tertiary/aromatic N) is 1. The van der Waals surface area contributed by atoms with E-state index in [1.807, 2.05) is 32.0 Å². The lowest BCUT2D eigenvalue weighted by molar-refractivity contribution is 0.0925. The van der Waals surface area contributed by atoms with Gasteiger partial charge in [0, 0.05) is 12.6 Å². The maximum atomic E-state index is 13.2. The molecule has 5 heteroatoms. The van der Waals surface area contributed by atoms with Crippen LogP contribution in [0.25, 0.3) is 0 Å². The van der Waals surface area contributed by atoms with Crippen LogP contribution in [0.3, 0.4) is 0 Å². The van der Waals surface area contributed by atoms with Crippen LogP contribution in [0.4, 0.5) is 10.1 Å². The van der Waals surface area contributed by atoms with E-state index in [1.54, 1.807) is 12.1 Å². The molecule has 0 saturated heterocycles. The van der Waals surface area contributed by atoms with Crippen LogP contribution >= 0.6 is 0 Å². The summed E-state index contributed by atoms with van der Waals surface area (Å²) in [5, 5.41) is 3.01. The maximum Gasteiger partial charge on any atom is 0.255 e. The molecular formula is C19H22FN3O. The van der Waals surface area contributed by atoms with Gasteiger partial charge in [-0.25, -0.2) is 4.39 Å². The Morgan fingerprint density at radius 1 is 1.17 bits per heavy atom. The van der Waals surface area contributed by atoms with Crippen molar-refractivity contribution in [3.8, 4) is 0 Å². The quantitative estimate of drug-likeness (QED) is 0.843. The van der Waals surface area contributed by atoms with Crippen molar-refractivity contribution in [2.24, 2.45) is 5.73 Å². The third kappa shape index (κ3) is 2.65. The minimum atomic E-state index is -0.285. The molecule has 2 aliphatic rings. The van der Waals surface area contributed by atoms with Crippen molar-refractivity contribution in [1.29, 1.82) is 0 Å². The molecule has 0 saturated carbocycles. The zero-order valence-electron chi connectivity index (χ0n) is 13.9. The molecule has 1 amide bonds. The molecule has 3 N–H and O–H groups in total. The number of benzene rings is 2. The topological polar surface area (TPSA) is 58.4 Å². The molecule has 2 atom stereocenters. The van der Waals surface area contributed by atoms with Gasteiger partial charge >= 0.3 is 0 Å². The highest BCUT2D eigenvalue weighted by atomic mass is 19.1. The largest absolute Gasteiger partial charge is 0.346 e. The fourth-order valence-corrected chi connectivity index (χ4v) is 3.36. The summed E-state index contributed by atoms with van der Waals surface area (Å²) >= 11 is 0. The van der Waals surface area contributed by atoms with E-state index in [0.29, 0.717) is 5.56 Å². The lowest BCUT2D eigenvalue weighted by Gasteiger charge is -2.44. The molecule has 0 unspecified atom stereocenters. The van der Waals surface area contributed by atoms with Gasteiger partial charge in [0.1, 0.15) is 12.0 Å². The third-order valence-corrected chi connectivity index (χ3v) is 4.44. The zero-order chi connectivity index (χ0) is 17.3. The van der Waals surface area contributed by atoms with Crippen molar-refractivity contribution in [3.63, 3.8) is 0 Å². The average molecular weight is 327 g/mol. The minimum absolute atomic E-state index is 0.0500. The second kappa shape index (κ2) is 6.61. The van der Waals surface area contributed by atoms with Gasteiger partial charge in [-0.1, -0.05) is 38.1 Å². The first-order chi connectivity index (χ1) is 11.6. The molecule has 0 radical (unpaired) electrons. The van der Waals surface area contributed by atoms with Crippen molar-refractivity contribution in [1.82, 2.24) is 5.32 Å². The molecule has 24 heavy (non-hydrogen) atoms. The van der Waals surface area contributed by atoms with E-state index in [4.69, 9.17) is 5.73 Å². The van der Waals surface area contributed by atoms with Crippen LogP contribution in [0.15, 0.2) is 42.5 Å². The number of halogens is 1. The van der Waals surface area contributed by atoms with Crippen molar-refractivity contribution in [2.75, 3.05) is 11.4 Å². The van der Waals surface area contributed by atoms with Crippen LogP contribution in [0.2, 0.25) is 0 Å². The molecule has 2 aromatic carbocycles. The molecule has 4 nitrogen and oxygen atoms in total. The minimum Gasteiger partial charge on any atom is -0.346 e. The molecular weight excluding hydrogens is 305 g/mol. The fraction of sp³-hybridized carbons (Fsp3) is 0.316. The number of hydrogen-bond donors (Lipinski definition) is 2. The van der Waals surface area contributed by atoms with E-state index in [9.17, 15) is 9.18 Å². The molecule has 2 heterocycles. The number of rotatable bonds is 1. The van der Waals surface area contributed by atoms with E-state index >= 15 is 0 Å². The summed E-state index contributed by atoms with van der Waals surface area (Å²) in [6.07, 6.45) is 0.540. The number of nitrogens with one attached hydrogen (secondary N) is 1. The van der Waals surface area contributed by atoms with E-state index < -0.39 is 0 Å². The predicted molar refractivity (Wildman–Crippen MR) is 93.3 cm³/mol. The summed E-state index contributed by atoms with van der Waals surface area (Å²) < 4.78 is 13.2. The monoisotopic (exact) mass is 327 g/mol. The summed E-state index contributed by atoms with van der Waals surface area (Å²) in [4.78, 5) is 14.6. The fourth-order valence-electron chi connectivity index (χ4n) is 3.36. The van der Waals surface area contributed by atoms with Gasteiger partial charge in [0.25, 0.3) is 5.91 Å². The summed E-state index contributed by atoms with van der Waals surface area (Å²) in [5.41, 5.74) is 9.64. The lowest BCUT2D eigenvalue weighted by atomic mass is 9.90. The molecule has 126 valence electrons. The Hall–Kier alpha value is -2.40. The Morgan fingerprint density at radius 3 is 2.58 bits per heavy atom. The predicted octanol–water partition coefficient (Wildman–Crippen LogP) is 3.50. The smallest absolute Gasteiger partial charge is 0.255 e. The molecule has 0 aliphatic carbocycles. The van der Waals surface area contributed by atoms with Crippen molar-refractivity contribution < 1.29 is 9.18 Å². The van der Waals surface area contributed by atoms with E-state index in [1.165, 1.54) is 12.1 Å². The highest BCUT2D eigenvalue weighted by molar-refractivity contribution is 6.03. The van der Waals surface area contributed by atoms with Gasteiger partial charge in [-0.2, -0.15) is 0 Å². The van der Waals surface area contributed by atoms with Crippen LogP contribution in [0, 0.1) is 5.82 Å². The molecule has 0 fully saturated rings. The molecule has 0 spiro atoms. The van der Waals surface area contributed by atoms with Gasteiger partial charge in [-0.05, 0) is 35.7 Å². The summed E-state index contributed by atoms with van der Waals surface area (Å²) in [7, 11) is 0. The maximum absolute atomic E-state index is 13.2. The van der Waals surface area contributed by atoms with E-state index in [0.717, 1.165) is 29.8 Å². The normalized spacial score (nSPS) is 21.3. The van der Waals surface area contributed by atoms with Gasteiger partial charge in [-0.3, -0.25) is 4.79 Å².